The lowest BCUT2D eigenvalue weighted by atomic mass is 10.00. The highest BCUT2D eigenvalue weighted by Gasteiger charge is 2.10. The fraction of sp³-hybridized carbons (Fsp3) is 0.308. The number of unbranched alkanes of at least 4 members (excludes halogenated alkanes) is 1. The third-order valence-corrected chi connectivity index (χ3v) is 5.34. The number of aliphatic imine (C=N–C) groups is 1. The van der Waals surface area contributed by atoms with Gasteiger partial charge in [-0.3, -0.25) is 4.99 Å². The molecule has 3 heteroatoms. The first kappa shape index (κ1) is 20.8. The van der Waals surface area contributed by atoms with Crippen LogP contribution in [0.5, 0.6) is 0 Å². The Hall–Kier alpha value is -2.94. The molecule has 3 nitrogen and oxygen atoms in total. The molecular formula is C26H31N3. The number of hydrogen-bond donors (Lipinski definition) is 1. The van der Waals surface area contributed by atoms with Crippen molar-refractivity contribution in [2.24, 2.45) is 4.99 Å². The van der Waals surface area contributed by atoms with Gasteiger partial charge in [-0.1, -0.05) is 75.2 Å². The SMILES string of the molecule is C/C=N\C=C(/C)c1ccc(-c2ccc(-c3cnc(C(C)CCCC)[nH]3)cc2)cc1. The maximum atomic E-state index is 4.60. The molecule has 1 heterocycles. The van der Waals surface area contributed by atoms with Gasteiger partial charge < -0.3 is 4.98 Å². The zero-order chi connectivity index (χ0) is 20.6. The van der Waals surface area contributed by atoms with Gasteiger partial charge in [0.1, 0.15) is 5.82 Å². The monoisotopic (exact) mass is 385 g/mol. The van der Waals surface area contributed by atoms with E-state index in [9.17, 15) is 0 Å². The van der Waals surface area contributed by atoms with Crippen LogP contribution < -0.4 is 0 Å². The Morgan fingerprint density at radius 3 is 2.28 bits per heavy atom. The van der Waals surface area contributed by atoms with Gasteiger partial charge in [0.25, 0.3) is 0 Å². The van der Waals surface area contributed by atoms with E-state index in [1.807, 2.05) is 19.3 Å². The van der Waals surface area contributed by atoms with E-state index in [0.29, 0.717) is 5.92 Å². The molecule has 2 aromatic carbocycles. The number of hydrogen-bond acceptors (Lipinski definition) is 2. The number of allylic oxidation sites excluding steroid dienone is 1. The van der Waals surface area contributed by atoms with E-state index in [2.05, 4.69) is 84.3 Å². The molecule has 0 amide bonds. The largest absolute Gasteiger partial charge is 0.342 e. The van der Waals surface area contributed by atoms with E-state index >= 15 is 0 Å². The quantitative estimate of drug-likeness (QED) is 0.401. The van der Waals surface area contributed by atoms with Crippen LogP contribution in [0, 0.1) is 0 Å². The fourth-order valence-electron chi connectivity index (χ4n) is 3.41. The van der Waals surface area contributed by atoms with Gasteiger partial charge in [0, 0.05) is 18.3 Å². The van der Waals surface area contributed by atoms with Crippen LogP contribution in [0.15, 0.2) is 65.9 Å². The highest BCUT2D eigenvalue weighted by molar-refractivity contribution is 5.72. The predicted molar refractivity (Wildman–Crippen MR) is 125 cm³/mol. The molecule has 150 valence electrons. The summed E-state index contributed by atoms with van der Waals surface area (Å²) in [7, 11) is 0. The minimum absolute atomic E-state index is 0.474. The van der Waals surface area contributed by atoms with E-state index in [0.717, 1.165) is 17.1 Å². The normalized spacial score (nSPS) is 13.2. The second kappa shape index (κ2) is 10.0. The molecule has 0 radical (unpaired) electrons. The second-order valence-corrected chi connectivity index (χ2v) is 7.60. The Morgan fingerprint density at radius 2 is 1.66 bits per heavy atom. The van der Waals surface area contributed by atoms with Crippen molar-refractivity contribution < 1.29 is 0 Å². The molecule has 0 saturated heterocycles. The number of nitrogens with one attached hydrogen (secondary N) is 1. The smallest absolute Gasteiger partial charge is 0.109 e. The summed E-state index contributed by atoms with van der Waals surface area (Å²) >= 11 is 0. The Bertz CT molecular complexity index is 960. The van der Waals surface area contributed by atoms with Crippen molar-refractivity contribution in [2.75, 3.05) is 0 Å². The van der Waals surface area contributed by atoms with Crippen molar-refractivity contribution >= 4 is 11.8 Å². The highest BCUT2D eigenvalue weighted by Crippen LogP contribution is 2.27. The van der Waals surface area contributed by atoms with Gasteiger partial charge >= 0.3 is 0 Å². The van der Waals surface area contributed by atoms with Gasteiger partial charge in [-0.15, -0.1) is 0 Å². The second-order valence-electron chi connectivity index (χ2n) is 7.60. The standard InChI is InChI=1S/C26H31N3/c1-5-7-8-19(3)26-28-18-25(29-26)24-15-13-23(14-16-24)22-11-9-21(10-12-22)20(4)17-27-6-2/h6,9-19H,5,7-8H2,1-4H3,(H,28,29)/b20-17+,27-6-. The molecule has 0 bridgehead atoms. The van der Waals surface area contributed by atoms with Crippen molar-refractivity contribution in [1.82, 2.24) is 9.97 Å². The number of benzene rings is 2. The molecule has 0 aliphatic rings. The van der Waals surface area contributed by atoms with Crippen LogP contribution in [0.2, 0.25) is 0 Å². The summed E-state index contributed by atoms with van der Waals surface area (Å²) in [5, 5.41) is 0. The van der Waals surface area contributed by atoms with Crippen LogP contribution in [0.25, 0.3) is 28.0 Å². The summed E-state index contributed by atoms with van der Waals surface area (Å²) in [6.07, 6.45) is 9.29. The van der Waals surface area contributed by atoms with Gasteiger partial charge in [-0.25, -0.2) is 4.98 Å². The molecule has 3 rings (SSSR count). The van der Waals surface area contributed by atoms with Crippen LogP contribution in [0.4, 0.5) is 0 Å². The summed E-state index contributed by atoms with van der Waals surface area (Å²) in [5.74, 6) is 1.56. The van der Waals surface area contributed by atoms with Crippen LogP contribution in [0.3, 0.4) is 0 Å². The molecule has 0 aliphatic carbocycles. The zero-order valence-electron chi connectivity index (χ0n) is 17.9. The van der Waals surface area contributed by atoms with Crippen molar-refractivity contribution in [1.29, 1.82) is 0 Å². The number of aromatic amines is 1. The molecular weight excluding hydrogens is 354 g/mol. The van der Waals surface area contributed by atoms with E-state index in [1.54, 1.807) is 6.21 Å². The Kier molecular flexibility index (Phi) is 7.18. The van der Waals surface area contributed by atoms with Gasteiger partial charge in [0.2, 0.25) is 0 Å². The number of H-pyrrole nitrogens is 1. The first-order chi connectivity index (χ1) is 14.1. The van der Waals surface area contributed by atoms with Crippen LogP contribution in [0.1, 0.15) is 64.3 Å². The lowest BCUT2D eigenvalue weighted by Crippen LogP contribution is -1.96. The molecule has 1 atom stereocenters. The van der Waals surface area contributed by atoms with Crippen molar-refractivity contribution in [3.8, 4) is 22.4 Å². The molecule has 0 fully saturated rings. The zero-order valence-corrected chi connectivity index (χ0v) is 17.9. The molecule has 1 N–H and O–H groups in total. The van der Waals surface area contributed by atoms with E-state index in [4.69, 9.17) is 0 Å². The minimum atomic E-state index is 0.474. The maximum absolute atomic E-state index is 4.60. The molecule has 0 aliphatic heterocycles. The number of imidazole rings is 1. The van der Waals surface area contributed by atoms with Gasteiger partial charge in [-0.05, 0) is 48.1 Å². The van der Waals surface area contributed by atoms with E-state index < -0.39 is 0 Å². The molecule has 29 heavy (non-hydrogen) atoms. The van der Waals surface area contributed by atoms with Gasteiger partial charge in [0.15, 0.2) is 0 Å². The molecule has 0 spiro atoms. The first-order valence-electron chi connectivity index (χ1n) is 10.5. The average Bonchev–Trinajstić information content (AvgIpc) is 3.26. The third kappa shape index (κ3) is 5.32. The topological polar surface area (TPSA) is 41.0 Å². The first-order valence-corrected chi connectivity index (χ1v) is 10.5. The number of rotatable bonds is 8. The summed E-state index contributed by atoms with van der Waals surface area (Å²) in [4.78, 5) is 12.3. The number of nitrogens with zero attached hydrogens (tertiary/aromatic N) is 2. The van der Waals surface area contributed by atoms with Crippen LogP contribution in [-0.2, 0) is 0 Å². The fourth-order valence-corrected chi connectivity index (χ4v) is 3.41. The van der Waals surface area contributed by atoms with Crippen molar-refractivity contribution in [2.45, 2.75) is 52.9 Å². The summed E-state index contributed by atoms with van der Waals surface area (Å²) in [5.41, 5.74) is 7.03. The van der Waals surface area contributed by atoms with E-state index in [1.165, 1.54) is 41.5 Å². The summed E-state index contributed by atoms with van der Waals surface area (Å²) in [6.45, 7) is 8.48. The minimum Gasteiger partial charge on any atom is -0.342 e. The Balaban J connectivity index is 1.73. The van der Waals surface area contributed by atoms with E-state index in [-0.39, 0.29) is 0 Å². The van der Waals surface area contributed by atoms with Crippen molar-refractivity contribution in [3.05, 3.63) is 72.3 Å². The Morgan fingerprint density at radius 1 is 1.03 bits per heavy atom. The molecule has 1 unspecified atom stereocenters. The predicted octanol–water partition coefficient (Wildman–Crippen LogP) is 7.49. The maximum Gasteiger partial charge on any atom is 0.109 e. The van der Waals surface area contributed by atoms with Gasteiger partial charge in [0.05, 0.1) is 11.9 Å². The Labute approximate surface area is 174 Å². The molecule has 3 aromatic rings. The summed E-state index contributed by atoms with van der Waals surface area (Å²) < 4.78 is 0. The van der Waals surface area contributed by atoms with Gasteiger partial charge in [-0.2, -0.15) is 0 Å². The lowest BCUT2D eigenvalue weighted by molar-refractivity contribution is 0.601. The summed E-state index contributed by atoms with van der Waals surface area (Å²) in [6, 6.07) is 17.3. The lowest BCUT2D eigenvalue weighted by Gasteiger charge is -2.07. The number of aromatic nitrogens is 2. The van der Waals surface area contributed by atoms with Crippen molar-refractivity contribution in [3.63, 3.8) is 0 Å². The van der Waals surface area contributed by atoms with Crippen LogP contribution >= 0.6 is 0 Å². The molecule has 1 aromatic heterocycles. The molecule has 0 saturated carbocycles. The average molecular weight is 386 g/mol. The third-order valence-electron chi connectivity index (χ3n) is 5.34. The highest BCUT2D eigenvalue weighted by atomic mass is 14.9. The van der Waals surface area contributed by atoms with Crippen LogP contribution in [-0.4, -0.2) is 16.2 Å².